The van der Waals surface area contributed by atoms with Crippen LogP contribution in [0.4, 0.5) is 5.82 Å². The lowest BCUT2D eigenvalue weighted by Gasteiger charge is -2.15. The first-order valence-electron chi connectivity index (χ1n) is 7.75. The SMILES string of the molecule is CCCNc1cc(S(=O)(=O)NCC2(C3CC3)CC2)ccn1. The van der Waals surface area contributed by atoms with Crippen LogP contribution in [0.3, 0.4) is 0 Å². The first kappa shape index (κ1) is 14.8. The van der Waals surface area contributed by atoms with Gasteiger partial charge >= 0.3 is 0 Å². The molecule has 6 heteroatoms. The maximum absolute atomic E-state index is 12.4. The predicted molar refractivity (Wildman–Crippen MR) is 82.6 cm³/mol. The van der Waals surface area contributed by atoms with E-state index in [1.54, 1.807) is 18.3 Å². The summed E-state index contributed by atoms with van der Waals surface area (Å²) in [6, 6.07) is 3.16. The molecule has 0 spiro atoms. The lowest BCUT2D eigenvalue weighted by atomic mass is 10.0. The Morgan fingerprint density at radius 3 is 2.76 bits per heavy atom. The van der Waals surface area contributed by atoms with E-state index in [0.717, 1.165) is 18.9 Å². The van der Waals surface area contributed by atoms with Gasteiger partial charge in [0.25, 0.3) is 0 Å². The van der Waals surface area contributed by atoms with E-state index in [0.29, 0.717) is 17.3 Å². The average molecular weight is 309 g/mol. The minimum atomic E-state index is -3.44. The number of nitrogens with zero attached hydrogens (tertiary/aromatic N) is 1. The largest absolute Gasteiger partial charge is 0.370 e. The van der Waals surface area contributed by atoms with Crippen LogP contribution >= 0.6 is 0 Å². The minimum Gasteiger partial charge on any atom is -0.370 e. The number of hydrogen-bond acceptors (Lipinski definition) is 4. The number of hydrogen-bond donors (Lipinski definition) is 2. The van der Waals surface area contributed by atoms with Crippen LogP contribution in [0.1, 0.15) is 39.0 Å². The summed E-state index contributed by atoms with van der Waals surface area (Å²) in [6.07, 6.45) is 7.38. The molecule has 0 unspecified atom stereocenters. The zero-order valence-corrected chi connectivity index (χ0v) is 13.2. The molecule has 2 aliphatic rings. The fraction of sp³-hybridized carbons (Fsp3) is 0.667. The van der Waals surface area contributed by atoms with Gasteiger partial charge in [-0.15, -0.1) is 0 Å². The maximum atomic E-state index is 12.4. The highest BCUT2D eigenvalue weighted by atomic mass is 32.2. The van der Waals surface area contributed by atoms with E-state index in [-0.39, 0.29) is 5.41 Å². The number of rotatable bonds is 8. The Hall–Kier alpha value is -1.14. The van der Waals surface area contributed by atoms with Crippen LogP contribution in [0.25, 0.3) is 0 Å². The fourth-order valence-corrected chi connectivity index (χ4v) is 3.99. The van der Waals surface area contributed by atoms with E-state index < -0.39 is 10.0 Å². The van der Waals surface area contributed by atoms with Gasteiger partial charge in [0.05, 0.1) is 4.90 Å². The van der Waals surface area contributed by atoms with E-state index in [4.69, 9.17) is 0 Å². The Kier molecular flexibility index (Phi) is 3.92. The van der Waals surface area contributed by atoms with Crippen molar-refractivity contribution in [3.8, 4) is 0 Å². The molecule has 0 saturated heterocycles. The van der Waals surface area contributed by atoms with E-state index in [9.17, 15) is 8.42 Å². The first-order chi connectivity index (χ1) is 10.1. The van der Waals surface area contributed by atoms with Crippen molar-refractivity contribution < 1.29 is 8.42 Å². The molecule has 5 nitrogen and oxygen atoms in total. The van der Waals surface area contributed by atoms with Gasteiger partial charge in [-0.3, -0.25) is 0 Å². The summed E-state index contributed by atoms with van der Waals surface area (Å²) in [4.78, 5) is 4.44. The quantitative estimate of drug-likeness (QED) is 0.773. The normalized spacial score (nSPS) is 20.2. The highest BCUT2D eigenvalue weighted by Gasteiger charge is 2.53. The number of sulfonamides is 1. The second-order valence-corrected chi connectivity index (χ2v) is 8.03. The number of anilines is 1. The van der Waals surface area contributed by atoms with Crippen molar-refractivity contribution in [2.75, 3.05) is 18.4 Å². The van der Waals surface area contributed by atoms with E-state index in [1.807, 2.05) is 0 Å². The number of aromatic nitrogens is 1. The smallest absolute Gasteiger partial charge is 0.240 e. The number of pyridine rings is 1. The molecular formula is C15H23N3O2S. The lowest BCUT2D eigenvalue weighted by molar-refractivity contribution is 0.432. The zero-order chi connectivity index (χ0) is 14.9. The molecule has 0 radical (unpaired) electrons. The van der Waals surface area contributed by atoms with E-state index >= 15 is 0 Å². The summed E-state index contributed by atoms with van der Waals surface area (Å²) in [7, 11) is -3.44. The van der Waals surface area contributed by atoms with Crippen molar-refractivity contribution in [2.24, 2.45) is 11.3 Å². The summed E-state index contributed by atoms with van der Waals surface area (Å²) in [5, 5.41) is 3.12. The summed E-state index contributed by atoms with van der Waals surface area (Å²) >= 11 is 0. The molecule has 116 valence electrons. The third-order valence-corrected chi connectivity index (χ3v) is 5.95. The molecule has 0 atom stereocenters. The molecule has 21 heavy (non-hydrogen) atoms. The lowest BCUT2D eigenvalue weighted by Crippen LogP contribution is -2.31. The summed E-state index contributed by atoms with van der Waals surface area (Å²) in [5.41, 5.74) is 0.267. The second-order valence-electron chi connectivity index (χ2n) is 6.26. The van der Waals surface area contributed by atoms with Crippen molar-refractivity contribution in [1.82, 2.24) is 9.71 Å². The minimum absolute atomic E-state index is 0.267. The van der Waals surface area contributed by atoms with Gasteiger partial charge < -0.3 is 5.32 Å². The van der Waals surface area contributed by atoms with Crippen molar-refractivity contribution in [3.05, 3.63) is 18.3 Å². The fourth-order valence-electron chi connectivity index (χ4n) is 2.84. The molecule has 2 fully saturated rings. The maximum Gasteiger partial charge on any atom is 0.240 e. The van der Waals surface area contributed by atoms with Gasteiger partial charge in [0.15, 0.2) is 0 Å². The number of nitrogens with one attached hydrogen (secondary N) is 2. The third kappa shape index (κ3) is 3.37. The molecule has 1 aromatic rings. The standard InChI is InChI=1S/C15H23N3O2S/c1-2-8-16-14-10-13(5-9-17-14)21(19,20)18-11-15(6-7-15)12-3-4-12/h5,9-10,12,18H,2-4,6-8,11H2,1H3,(H,16,17). The van der Waals surface area contributed by atoms with Crippen LogP contribution in [-0.4, -0.2) is 26.5 Å². The molecule has 0 bridgehead atoms. The van der Waals surface area contributed by atoms with Crippen LogP contribution in [0, 0.1) is 11.3 Å². The Balaban J connectivity index is 1.66. The topological polar surface area (TPSA) is 71.1 Å². The molecule has 0 amide bonds. The van der Waals surface area contributed by atoms with Crippen LogP contribution in [0.15, 0.2) is 23.2 Å². The molecule has 1 heterocycles. The van der Waals surface area contributed by atoms with Crippen LogP contribution in [0.5, 0.6) is 0 Å². The summed E-state index contributed by atoms with van der Waals surface area (Å²) in [5.74, 6) is 1.36. The molecule has 1 aromatic heterocycles. The Labute approximate surface area is 126 Å². The van der Waals surface area contributed by atoms with Crippen LogP contribution in [0.2, 0.25) is 0 Å². The van der Waals surface area contributed by atoms with Crippen molar-refractivity contribution in [2.45, 2.75) is 43.9 Å². The van der Waals surface area contributed by atoms with E-state index in [1.165, 1.54) is 25.7 Å². The molecule has 0 aliphatic heterocycles. The molecule has 0 aromatic carbocycles. The molecular weight excluding hydrogens is 286 g/mol. The Bertz CT molecular complexity index is 607. The molecule has 2 saturated carbocycles. The monoisotopic (exact) mass is 309 g/mol. The van der Waals surface area contributed by atoms with Gasteiger partial charge in [-0.1, -0.05) is 6.92 Å². The van der Waals surface area contributed by atoms with E-state index in [2.05, 4.69) is 21.9 Å². The zero-order valence-electron chi connectivity index (χ0n) is 12.4. The van der Waals surface area contributed by atoms with Gasteiger partial charge in [-0.2, -0.15) is 0 Å². The van der Waals surface area contributed by atoms with Crippen LogP contribution in [-0.2, 0) is 10.0 Å². The van der Waals surface area contributed by atoms with Gasteiger partial charge in [-0.05, 0) is 49.5 Å². The van der Waals surface area contributed by atoms with Gasteiger partial charge in [0.2, 0.25) is 10.0 Å². The third-order valence-electron chi connectivity index (χ3n) is 4.55. The molecule has 2 aliphatic carbocycles. The highest BCUT2D eigenvalue weighted by molar-refractivity contribution is 7.89. The van der Waals surface area contributed by atoms with Gasteiger partial charge in [-0.25, -0.2) is 18.1 Å². The Morgan fingerprint density at radius 2 is 2.14 bits per heavy atom. The van der Waals surface area contributed by atoms with Crippen molar-refractivity contribution in [3.63, 3.8) is 0 Å². The first-order valence-corrected chi connectivity index (χ1v) is 9.24. The molecule has 3 rings (SSSR count). The average Bonchev–Trinajstić information content (AvgIpc) is 3.36. The second kappa shape index (κ2) is 5.57. The van der Waals surface area contributed by atoms with Gasteiger partial charge in [0.1, 0.15) is 5.82 Å². The highest BCUT2D eigenvalue weighted by Crippen LogP contribution is 2.60. The van der Waals surface area contributed by atoms with Crippen molar-refractivity contribution in [1.29, 1.82) is 0 Å². The van der Waals surface area contributed by atoms with Crippen molar-refractivity contribution >= 4 is 15.8 Å². The predicted octanol–water partition coefficient (Wildman–Crippen LogP) is 2.37. The summed E-state index contributed by atoms with van der Waals surface area (Å²) in [6.45, 7) is 3.43. The van der Waals surface area contributed by atoms with Crippen LogP contribution < -0.4 is 10.0 Å². The Morgan fingerprint density at radius 1 is 1.38 bits per heavy atom. The van der Waals surface area contributed by atoms with Gasteiger partial charge in [0, 0.05) is 25.4 Å². The molecule has 2 N–H and O–H groups in total. The summed E-state index contributed by atoms with van der Waals surface area (Å²) < 4.78 is 27.6.